The van der Waals surface area contributed by atoms with Crippen molar-refractivity contribution in [1.29, 1.82) is 0 Å². The third-order valence-corrected chi connectivity index (χ3v) is 3.32. The van der Waals surface area contributed by atoms with Crippen molar-refractivity contribution in [3.63, 3.8) is 0 Å². The Bertz CT molecular complexity index is 416. The first-order valence-corrected chi connectivity index (χ1v) is 7.47. The molecule has 0 spiro atoms. The molecule has 2 N–H and O–H groups in total. The predicted molar refractivity (Wildman–Crippen MR) is 78.5 cm³/mol. The van der Waals surface area contributed by atoms with Crippen LogP contribution in [0.3, 0.4) is 0 Å². The average Bonchev–Trinajstić information content (AvgIpc) is 2.53. The van der Waals surface area contributed by atoms with Crippen molar-refractivity contribution in [2.45, 2.75) is 38.1 Å². The van der Waals surface area contributed by atoms with E-state index in [1.807, 2.05) is 30.3 Å². The third-order valence-electron chi connectivity index (χ3n) is 3.32. The van der Waals surface area contributed by atoms with Gasteiger partial charge >= 0.3 is 5.97 Å². The number of ether oxygens (including phenoxy) is 3. The molecule has 1 heterocycles. The second kappa shape index (κ2) is 8.77. The van der Waals surface area contributed by atoms with Crippen LogP contribution >= 0.6 is 0 Å². The molecule has 116 valence electrons. The van der Waals surface area contributed by atoms with Gasteiger partial charge in [-0.3, -0.25) is 4.79 Å². The van der Waals surface area contributed by atoms with Gasteiger partial charge in [-0.15, -0.1) is 0 Å². The van der Waals surface area contributed by atoms with Crippen LogP contribution < -0.4 is 5.73 Å². The lowest BCUT2D eigenvalue weighted by atomic mass is 10.2. The minimum absolute atomic E-state index is 0.192. The van der Waals surface area contributed by atoms with E-state index < -0.39 is 0 Å². The summed E-state index contributed by atoms with van der Waals surface area (Å²) >= 11 is 0. The number of rotatable bonds is 7. The van der Waals surface area contributed by atoms with Gasteiger partial charge in [0.2, 0.25) is 0 Å². The van der Waals surface area contributed by atoms with Gasteiger partial charge in [-0.2, -0.15) is 0 Å². The first-order chi connectivity index (χ1) is 10.3. The van der Waals surface area contributed by atoms with Gasteiger partial charge in [0.25, 0.3) is 0 Å². The van der Waals surface area contributed by atoms with Crippen LogP contribution in [0.5, 0.6) is 0 Å². The molecule has 21 heavy (non-hydrogen) atoms. The van der Waals surface area contributed by atoms with E-state index in [0.29, 0.717) is 26.2 Å². The van der Waals surface area contributed by atoms with E-state index in [0.717, 1.165) is 24.8 Å². The Morgan fingerprint density at radius 3 is 2.52 bits per heavy atom. The number of carbonyl (C=O) groups excluding carboxylic acids is 1. The van der Waals surface area contributed by atoms with Crippen LogP contribution in [0, 0.1) is 0 Å². The summed E-state index contributed by atoms with van der Waals surface area (Å²) in [5.41, 5.74) is 6.38. The zero-order valence-corrected chi connectivity index (χ0v) is 12.2. The van der Waals surface area contributed by atoms with Crippen molar-refractivity contribution in [3.05, 3.63) is 35.9 Å². The lowest BCUT2D eigenvalue weighted by molar-refractivity contribution is -0.229. The molecule has 0 unspecified atom stereocenters. The molecule has 0 atom stereocenters. The van der Waals surface area contributed by atoms with E-state index in [9.17, 15) is 4.79 Å². The van der Waals surface area contributed by atoms with Crippen molar-refractivity contribution in [3.8, 4) is 0 Å². The molecule has 1 aromatic rings. The van der Waals surface area contributed by atoms with Crippen LogP contribution in [0.2, 0.25) is 0 Å². The number of esters is 1. The summed E-state index contributed by atoms with van der Waals surface area (Å²) < 4.78 is 16.5. The number of carbonyl (C=O) groups is 1. The average molecular weight is 293 g/mol. The highest BCUT2D eigenvalue weighted by atomic mass is 16.7. The maximum atomic E-state index is 11.7. The largest absolute Gasteiger partial charge is 0.457 e. The molecule has 0 aromatic heterocycles. The maximum absolute atomic E-state index is 11.7. The van der Waals surface area contributed by atoms with E-state index >= 15 is 0 Å². The second-order valence-corrected chi connectivity index (χ2v) is 5.12. The molecule has 0 bridgehead atoms. The van der Waals surface area contributed by atoms with E-state index in [-0.39, 0.29) is 18.4 Å². The van der Waals surface area contributed by atoms with Crippen LogP contribution in [0.1, 0.15) is 37.5 Å². The molecule has 0 aliphatic carbocycles. The third kappa shape index (κ3) is 5.46. The van der Waals surface area contributed by atoms with Crippen LogP contribution in [-0.2, 0) is 19.0 Å². The molecule has 0 saturated carbocycles. The van der Waals surface area contributed by atoms with E-state index in [4.69, 9.17) is 19.9 Å². The highest BCUT2D eigenvalue weighted by Crippen LogP contribution is 2.23. The van der Waals surface area contributed by atoms with Crippen molar-refractivity contribution < 1.29 is 19.0 Å². The molecule has 1 fully saturated rings. The summed E-state index contributed by atoms with van der Waals surface area (Å²) in [6.07, 6.45) is 2.47. The Hall–Kier alpha value is -1.43. The van der Waals surface area contributed by atoms with Crippen molar-refractivity contribution in [2.75, 3.05) is 19.8 Å². The molecular weight excluding hydrogens is 270 g/mol. The van der Waals surface area contributed by atoms with E-state index in [1.54, 1.807) is 0 Å². The summed E-state index contributed by atoms with van der Waals surface area (Å²) in [6.45, 7) is 1.41. The first kappa shape index (κ1) is 15.9. The van der Waals surface area contributed by atoms with Crippen LogP contribution in [0.25, 0.3) is 0 Å². The van der Waals surface area contributed by atoms with Crippen molar-refractivity contribution >= 4 is 5.97 Å². The summed E-state index contributed by atoms with van der Waals surface area (Å²) in [5.74, 6) is -0.192. The van der Waals surface area contributed by atoms with Gasteiger partial charge in [0, 0.05) is 12.0 Å². The summed E-state index contributed by atoms with van der Waals surface area (Å²) in [6, 6.07) is 9.73. The van der Waals surface area contributed by atoms with Crippen molar-refractivity contribution in [1.82, 2.24) is 0 Å². The summed E-state index contributed by atoms with van der Waals surface area (Å²) in [5, 5.41) is 0. The first-order valence-electron chi connectivity index (χ1n) is 7.47. The lowest BCUT2D eigenvalue weighted by Crippen LogP contribution is -2.35. The molecular formula is C16H23NO4. The maximum Gasteiger partial charge on any atom is 0.306 e. The van der Waals surface area contributed by atoms with Gasteiger partial charge in [0.05, 0.1) is 13.2 Å². The fourth-order valence-corrected chi connectivity index (χ4v) is 2.19. The molecule has 5 nitrogen and oxygen atoms in total. The minimum atomic E-state index is -0.370. The zero-order chi connectivity index (χ0) is 14.9. The van der Waals surface area contributed by atoms with Crippen LogP contribution in [0.4, 0.5) is 0 Å². The lowest BCUT2D eigenvalue weighted by Gasteiger charge is -2.29. The quantitative estimate of drug-likeness (QED) is 0.616. The SMILES string of the molecule is NCCCCCC(=O)OC1COC(c2ccccc2)OC1. The molecule has 5 heteroatoms. The molecule has 1 aromatic carbocycles. The fraction of sp³-hybridized carbons (Fsp3) is 0.562. The smallest absolute Gasteiger partial charge is 0.306 e. The Balaban J connectivity index is 1.66. The molecule has 1 aliphatic heterocycles. The standard InChI is InChI=1S/C16H23NO4/c17-10-6-2-5-9-15(18)21-14-11-19-16(20-12-14)13-7-3-1-4-8-13/h1,3-4,7-8,14,16H,2,5-6,9-12,17H2. The molecule has 1 saturated heterocycles. The van der Waals surface area contributed by atoms with Gasteiger partial charge in [-0.05, 0) is 19.4 Å². The number of nitrogens with two attached hydrogens (primary N) is 1. The predicted octanol–water partition coefficient (Wildman–Crippen LogP) is 2.16. The van der Waals surface area contributed by atoms with Gasteiger partial charge in [0.15, 0.2) is 6.29 Å². The van der Waals surface area contributed by atoms with E-state index in [2.05, 4.69) is 0 Å². The summed E-state index contributed by atoms with van der Waals surface area (Å²) in [7, 11) is 0. The highest BCUT2D eigenvalue weighted by Gasteiger charge is 2.25. The van der Waals surface area contributed by atoms with Gasteiger partial charge in [-0.25, -0.2) is 0 Å². The number of benzene rings is 1. The number of unbranched alkanes of at least 4 members (excludes halogenated alkanes) is 2. The molecule has 2 rings (SSSR count). The minimum Gasteiger partial charge on any atom is -0.457 e. The molecule has 0 radical (unpaired) electrons. The Labute approximate surface area is 125 Å². The topological polar surface area (TPSA) is 70.8 Å². The molecule has 0 amide bonds. The number of hydrogen-bond donors (Lipinski definition) is 1. The van der Waals surface area contributed by atoms with Crippen molar-refractivity contribution in [2.24, 2.45) is 5.73 Å². The van der Waals surface area contributed by atoms with Crippen LogP contribution in [0.15, 0.2) is 30.3 Å². The zero-order valence-electron chi connectivity index (χ0n) is 12.2. The Morgan fingerprint density at radius 2 is 1.86 bits per heavy atom. The second-order valence-electron chi connectivity index (χ2n) is 5.12. The molecule has 1 aliphatic rings. The van der Waals surface area contributed by atoms with Gasteiger partial charge in [-0.1, -0.05) is 36.8 Å². The van der Waals surface area contributed by atoms with E-state index in [1.165, 1.54) is 0 Å². The summed E-state index contributed by atoms with van der Waals surface area (Å²) in [4.78, 5) is 11.7. The van der Waals surface area contributed by atoms with Gasteiger partial charge in [0.1, 0.15) is 6.10 Å². The normalized spacial score (nSPS) is 22.0. The number of hydrogen-bond acceptors (Lipinski definition) is 5. The Morgan fingerprint density at radius 1 is 1.14 bits per heavy atom. The highest BCUT2D eigenvalue weighted by molar-refractivity contribution is 5.69. The fourth-order valence-electron chi connectivity index (χ4n) is 2.19. The van der Waals surface area contributed by atoms with Crippen LogP contribution in [-0.4, -0.2) is 31.8 Å². The Kier molecular flexibility index (Phi) is 6.66. The monoisotopic (exact) mass is 293 g/mol. The van der Waals surface area contributed by atoms with Gasteiger partial charge < -0.3 is 19.9 Å².